The quantitative estimate of drug-likeness (QED) is 0.309. The highest BCUT2D eigenvalue weighted by atomic mass is 32.2. The second-order valence-electron chi connectivity index (χ2n) is 7.32. The zero-order chi connectivity index (χ0) is 21.9. The molecular formula is C22H30O6S2. The van der Waals surface area contributed by atoms with Gasteiger partial charge in [-0.2, -0.15) is 11.8 Å². The first kappa shape index (κ1) is 24.9. The average molecular weight is 455 g/mol. The standard InChI is InChI=1S/C22H30O6S2/c1-28-13-16-5-2-4-15(10-16)11-17(23)6-7-18-19(24)12-20(25)22(18)30-9-3-8-29-14-21(26)27/h2,4-7,10,17-19,22-24H,3,8-9,11-14H2,1H3,(H,26,27)/b7-6+/t17-,18+,19-,22-/m1/s1. The summed E-state index contributed by atoms with van der Waals surface area (Å²) in [5.74, 6) is 0.435. The van der Waals surface area contributed by atoms with Crippen molar-refractivity contribution in [2.75, 3.05) is 24.4 Å². The van der Waals surface area contributed by atoms with Gasteiger partial charge in [0, 0.05) is 25.9 Å². The minimum Gasteiger partial charge on any atom is -0.481 e. The van der Waals surface area contributed by atoms with Crippen LogP contribution >= 0.6 is 23.5 Å². The molecule has 0 saturated heterocycles. The van der Waals surface area contributed by atoms with Gasteiger partial charge in [-0.15, -0.1) is 11.8 Å². The second kappa shape index (κ2) is 13.2. The Bertz CT molecular complexity index is 723. The Labute approximate surface area is 186 Å². The zero-order valence-electron chi connectivity index (χ0n) is 17.1. The first-order valence-electron chi connectivity index (χ1n) is 9.95. The van der Waals surface area contributed by atoms with E-state index in [0.29, 0.717) is 13.0 Å². The molecule has 1 saturated carbocycles. The van der Waals surface area contributed by atoms with E-state index in [1.807, 2.05) is 24.3 Å². The maximum Gasteiger partial charge on any atom is 0.313 e. The smallest absolute Gasteiger partial charge is 0.313 e. The highest BCUT2D eigenvalue weighted by molar-refractivity contribution is 8.01. The summed E-state index contributed by atoms with van der Waals surface area (Å²) >= 11 is 2.87. The molecule has 6 nitrogen and oxygen atoms in total. The van der Waals surface area contributed by atoms with Crippen LogP contribution in [0, 0.1) is 5.92 Å². The number of hydrogen-bond donors (Lipinski definition) is 3. The van der Waals surface area contributed by atoms with E-state index >= 15 is 0 Å². The lowest BCUT2D eigenvalue weighted by molar-refractivity contribution is -0.133. The summed E-state index contributed by atoms with van der Waals surface area (Å²) in [5.41, 5.74) is 2.04. The molecule has 1 fully saturated rings. The number of Topliss-reactive ketones (excluding diaryl/α,β-unsaturated/α-hetero) is 1. The molecule has 3 N–H and O–H groups in total. The number of carboxylic acid groups (broad SMARTS) is 1. The number of hydrogen-bond acceptors (Lipinski definition) is 7. The minimum absolute atomic E-state index is 0.0297. The van der Waals surface area contributed by atoms with Crippen molar-refractivity contribution in [3.63, 3.8) is 0 Å². The van der Waals surface area contributed by atoms with Crippen LogP contribution in [-0.2, 0) is 27.4 Å². The Kier molecular flexibility index (Phi) is 11.0. The molecule has 1 aliphatic carbocycles. The molecule has 30 heavy (non-hydrogen) atoms. The third kappa shape index (κ3) is 8.43. The number of rotatable bonds is 13. The molecule has 1 aromatic rings. The normalized spacial score (nSPS) is 22.6. The van der Waals surface area contributed by atoms with E-state index in [1.165, 1.54) is 23.5 Å². The molecule has 8 heteroatoms. The van der Waals surface area contributed by atoms with E-state index in [9.17, 15) is 19.8 Å². The summed E-state index contributed by atoms with van der Waals surface area (Å²) in [5, 5.41) is 29.0. The maximum absolute atomic E-state index is 12.3. The fourth-order valence-electron chi connectivity index (χ4n) is 3.42. The number of ketones is 1. The predicted molar refractivity (Wildman–Crippen MR) is 121 cm³/mol. The van der Waals surface area contributed by atoms with Crippen LogP contribution < -0.4 is 0 Å². The van der Waals surface area contributed by atoms with Gasteiger partial charge in [-0.05, 0) is 29.1 Å². The van der Waals surface area contributed by atoms with Crippen molar-refractivity contribution >= 4 is 35.3 Å². The number of carboxylic acids is 1. The van der Waals surface area contributed by atoms with Gasteiger partial charge in [-0.25, -0.2) is 0 Å². The van der Waals surface area contributed by atoms with Crippen LogP contribution in [0.3, 0.4) is 0 Å². The maximum atomic E-state index is 12.3. The molecule has 0 amide bonds. The lowest BCUT2D eigenvalue weighted by Crippen LogP contribution is -2.22. The summed E-state index contributed by atoms with van der Waals surface area (Å²) < 4.78 is 5.13. The van der Waals surface area contributed by atoms with Crippen molar-refractivity contribution in [2.24, 2.45) is 5.92 Å². The van der Waals surface area contributed by atoms with Crippen molar-refractivity contribution in [2.45, 2.75) is 43.3 Å². The van der Waals surface area contributed by atoms with Gasteiger partial charge in [-0.3, -0.25) is 9.59 Å². The van der Waals surface area contributed by atoms with Crippen LogP contribution in [0.4, 0.5) is 0 Å². The Balaban J connectivity index is 1.85. The lowest BCUT2D eigenvalue weighted by Gasteiger charge is -2.17. The minimum atomic E-state index is -0.823. The molecule has 0 aliphatic heterocycles. The fourth-order valence-corrected chi connectivity index (χ4v) is 5.61. The molecule has 2 rings (SSSR count). The van der Waals surface area contributed by atoms with Gasteiger partial charge < -0.3 is 20.1 Å². The molecule has 0 spiro atoms. The molecule has 1 aliphatic rings. The van der Waals surface area contributed by atoms with Gasteiger partial charge >= 0.3 is 5.97 Å². The molecule has 0 heterocycles. The van der Waals surface area contributed by atoms with E-state index in [-0.39, 0.29) is 29.1 Å². The van der Waals surface area contributed by atoms with Gasteiger partial charge in [-0.1, -0.05) is 36.4 Å². The van der Waals surface area contributed by atoms with E-state index in [2.05, 4.69) is 0 Å². The molecule has 0 bridgehead atoms. The summed E-state index contributed by atoms with van der Waals surface area (Å²) in [4.78, 5) is 22.8. The van der Waals surface area contributed by atoms with Gasteiger partial charge in [0.1, 0.15) is 5.78 Å². The molecule has 0 radical (unpaired) electrons. The molecule has 4 atom stereocenters. The van der Waals surface area contributed by atoms with Crippen LogP contribution in [0.2, 0.25) is 0 Å². The van der Waals surface area contributed by atoms with Crippen molar-refractivity contribution in [3.05, 3.63) is 47.5 Å². The Morgan fingerprint density at radius 2 is 2.10 bits per heavy atom. The number of thioether (sulfide) groups is 2. The highest BCUT2D eigenvalue weighted by Crippen LogP contribution is 2.34. The highest BCUT2D eigenvalue weighted by Gasteiger charge is 2.40. The van der Waals surface area contributed by atoms with Crippen LogP contribution in [0.25, 0.3) is 0 Å². The van der Waals surface area contributed by atoms with Crippen LogP contribution in [0.15, 0.2) is 36.4 Å². The second-order valence-corrected chi connectivity index (χ2v) is 9.67. The van der Waals surface area contributed by atoms with Gasteiger partial charge in [0.25, 0.3) is 0 Å². The molecular weight excluding hydrogens is 424 g/mol. The van der Waals surface area contributed by atoms with Crippen LogP contribution in [0.5, 0.6) is 0 Å². The first-order valence-corrected chi connectivity index (χ1v) is 12.2. The van der Waals surface area contributed by atoms with Crippen molar-refractivity contribution < 1.29 is 29.6 Å². The average Bonchev–Trinajstić information content (AvgIpc) is 2.95. The summed E-state index contributed by atoms with van der Waals surface area (Å²) in [6, 6.07) is 7.85. The van der Waals surface area contributed by atoms with Crippen molar-refractivity contribution in [3.8, 4) is 0 Å². The monoisotopic (exact) mass is 454 g/mol. The summed E-state index contributed by atoms with van der Waals surface area (Å²) in [6.45, 7) is 0.518. The van der Waals surface area contributed by atoms with Crippen LogP contribution in [-0.4, -0.2) is 68.9 Å². The Morgan fingerprint density at radius 1 is 1.33 bits per heavy atom. The summed E-state index contributed by atoms with van der Waals surface area (Å²) in [7, 11) is 1.64. The number of aliphatic hydroxyl groups excluding tert-OH is 2. The fraction of sp³-hybridized carbons (Fsp3) is 0.545. The van der Waals surface area contributed by atoms with E-state index < -0.39 is 18.2 Å². The SMILES string of the molecule is COCc1cccc(C[C@H](O)/C=C/[C@H]2[C@H](O)CC(=O)[C@@H]2SCCCSCC(=O)O)c1. The van der Waals surface area contributed by atoms with Crippen LogP contribution in [0.1, 0.15) is 24.0 Å². The number of aliphatic carboxylic acids is 1. The first-order chi connectivity index (χ1) is 14.4. The number of benzene rings is 1. The van der Waals surface area contributed by atoms with Gasteiger partial charge in [0.05, 0.1) is 29.8 Å². The largest absolute Gasteiger partial charge is 0.481 e. The number of methoxy groups -OCH3 is 1. The van der Waals surface area contributed by atoms with E-state index in [4.69, 9.17) is 9.84 Å². The topological polar surface area (TPSA) is 104 Å². The van der Waals surface area contributed by atoms with Gasteiger partial charge in [0.15, 0.2) is 0 Å². The Morgan fingerprint density at radius 3 is 2.83 bits per heavy atom. The van der Waals surface area contributed by atoms with Crippen molar-refractivity contribution in [1.82, 2.24) is 0 Å². The van der Waals surface area contributed by atoms with E-state index in [1.54, 1.807) is 19.3 Å². The Hall–Kier alpha value is -1.32. The molecule has 0 aromatic heterocycles. The number of aliphatic hydroxyl groups is 2. The molecule has 1 aromatic carbocycles. The van der Waals surface area contributed by atoms with Crippen molar-refractivity contribution in [1.29, 1.82) is 0 Å². The molecule has 166 valence electrons. The van der Waals surface area contributed by atoms with E-state index in [0.717, 1.165) is 29.1 Å². The third-order valence-corrected chi connectivity index (χ3v) is 7.27. The van der Waals surface area contributed by atoms with Gasteiger partial charge in [0.2, 0.25) is 0 Å². The summed E-state index contributed by atoms with van der Waals surface area (Å²) in [6.07, 6.45) is 3.40. The third-order valence-electron chi connectivity index (χ3n) is 4.78. The zero-order valence-corrected chi connectivity index (χ0v) is 18.7. The number of carbonyl (C=O) groups is 2. The lowest BCUT2D eigenvalue weighted by atomic mass is 10.0. The number of carbonyl (C=O) groups excluding carboxylic acids is 1. The molecule has 0 unspecified atom stereocenters. The predicted octanol–water partition coefficient (Wildman–Crippen LogP) is 2.55. The number of ether oxygens (including phenoxy) is 1.